The summed E-state index contributed by atoms with van der Waals surface area (Å²) in [6.45, 7) is 3.95. The molecule has 5 rings (SSSR count). The molecular formula is C25H30FN3O3. The van der Waals surface area contributed by atoms with E-state index in [9.17, 15) is 14.3 Å². The number of benzene rings is 2. The van der Waals surface area contributed by atoms with Crippen LogP contribution < -0.4 is 4.90 Å². The van der Waals surface area contributed by atoms with Crippen LogP contribution in [0.1, 0.15) is 18.0 Å². The van der Waals surface area contributed by atoms with E-state index in [-0.39, 0.29) is 36.3 Å². The smallest absolute Gasteiger partial charge is 0.237 e. The first-order chi connectivity index (χ1) is 15.6. The van der Waals surface area contributed by atoms with Gasteiger partial charge in [0.15, 0.2) is 0 Å². The summed E-state index contributed by atoms with van der Waals surface area (Å²) in [5.41, 5.74) is 3.40. The number of carbonyl (C=O) groups is 1. The standard InChI is InChI=1S/C25H30FN3O3/c1-27-22-7-6-17(18-4-2-3-5-21(18)26)14-20(22)25-19(23(27)16-30)8-9-29(25)24(31)15-28-10-12-32-13-11-28/h2-7,14,19,23,25,30H,8-13,15-16H2,1H3/t19-,23+,25-/m0/s1. The molecule has 3 atom stereocenters. The summed E-state index contributed by atoms with van der Waals surface area (Å²) in [6.07, 6.45) is 0.846. The van der Waals surface area contributed by atoms with Crippen LogP contribution in [0.3, 0.4) is 0 Å². The van der Waals surface area contributed by atoms with E-state index in [1.165, 1.54) is 6.07 Å². The minimum Gasteiger partial charge on any atom is -0.394 e. The highest BCUT2D eigenvalue weighted by Gasteiger charge is 2.47. The number of rotatable bonds is 4. The molecule has 2 aromatic carbocycles. The molecule has 2 fully saturated rings. The molecule has 3 heterocycles. The van der Waals surface area contributed by atoms with Crippen LogP contribution in [0.5, 0.6) is 0 Å². The molecule has 6 nitrogen and oxygen atoms in total. The number of fused-ring (bicyclic) bond motifs is 3. The van der Waals surface area contributed by atoms with Crippen molar-refractivity contribution in [3.8, 4) is 11.1 Å². The number of amides is 1. The second kappa shape index (κ2) is 8.81. The van der Waals surface area contributed by atoms with Gasteiger partial charge in [-0.3, -0.25) is 9.69 Å². The molecule has 0 radical (unpaired) electrons. The van der Waals surface area contributed by atoms with Gasteiger partial charge in [-0.25, -0.2) is 4.39 Å². The number of hydrogen-bond acceptors (Lipinski definition) is 5. The zero-order valence-corrected chi connectivity index (χ0v) is 18.4. The number of hydrogen-bond donors (Lipinski definition) is 1. The lowest BCUT2D eigenvalue weighted by Crippen LogP contribution is -2.50. The third-order valence-electron chi connectivity index (χ3n) is 7.32. The van der Waals surface area contributed by atoms with Gasteiger partial charge in [0, 0.05) is 43.9 Å². The zero-order chi connectivity index (χ0) is 22.2. The third kappa shape index (κ3) is 3.68. The number of anilines is 1. The average Bonchev–Trinajstić information content (AvgIpc) is 3.25. The van der Waals surface area contributed by atoms with E-state index < -0.39 is 0 Å². The molecule has 3 aliphatic heterocycles. The van der Waals surface area contributed by atoms with Gasteiger partial charge in [0.05, 0.1) is 38.4 Å². The number of aliphatic hydroxyl groups is 1. The molecule has 1 amide bonds. The minimum absolute atomic E-state index is 0.0394. The van der Waals surface area contributed by atoms with E-state index in [1.807, 2.05) is 36.2 Å². The predicted octanol–water partition coefficient (Wildman–Crippen LogP) is 2.53. The van der Waals surface area contributed by atoms with E-state index in [1.54, 1.807) is 12.1 Å². The van der Waals surface area contributed by atoms with Crippen LogP contribution in [0.4, 0.5) is 10.1 Å². The molecule has 32 heavy (non-hydrogen) atoms. The number of aliphatic hydroxyl groups excluding tert-OH is 1. The summed E-state index contributed by atoms with van der Waals surface area (Å²) in [4.78, 5) is 19.6. The van der Waals surface area contributed by atoms with Gasteiger partial charge in [0.1, 0.15) is 5.82 Å². The molecule has 0 aromatic heterocycles. The first-order valence-electron chi connectivity index (χ1n) is 11.4. The van der Waals surface area contributed by atoms with Crippen molar-refractivity contribution in [3.05, 3.63) is 53.8 Å². The van der Waals surface area contributed by atoms with Gasteiger partial charge in [0.25, 0.3) is 0 Å². The monoisotopic (exact) mass is 439 g/mol. The van der Waals surface area contributed by atoms with E-state index >= 15 is 0 Å². The van der Waals surface area contributed by atoms with Gasteiger partial charge in [-0.2, -0.15) is 0 Å². The van der Waals surface area contributed by atoms with Crippen molar-refractivity contribution in [1.29, 1.82) is 0 Å². The molecule has 1 N–H and O–H groups in total. The molecule has 170 valence electrons. The summed E-state index contributed by atoms with van der Waals surface area (Å²) in [6, 6.07) is 12.6. The van der Waals surface area contributed by atoms with E-state index in [4.69, 9.17) is 4.74 Å². The molecule has 2 aromatic rings. The molecule has 3 aliphatic rings. The Morgan fingerprint density at radius 1 is 1.16 bits per heavy atom. The Labute approximate surface area is 188 Å². The van der Waals surface area contributed by atoms with Crippen LogP contribution in [0.15, 0.2) is 42.5 Å². The SMILES string of the molecule is CN1c2ccc(-c3ccccc3F)cc2[C@@H]2[C@@H](CCN2C(=O)CN2CCOCC2)[C@H]1CO. The van der Waals surface area contributed by atoms with Gasteiger partial charge in [-0.15, -0.1) is 0 Å². The Morgan fingerprint density at radius 3 is 2.69 bits per heavy atom. The number of halogens is 1. The number of likely N-dealkylation sites (N-methyl/N-ethyl adjacent to an activating group) is 1. The summed E-state index contributed by atoms with van der Waals surface area (Å²) in [5, 5.41) is 10.2. The number of morpholine rings is 1. The van der Waals surface area contributed by atoms with E-state index in [0.717, 1.165) is 36.3 Å². The van der Waals surface area contributed by atoms with E-state index in [0.29, 0.717) is 31.9 Å². The molecule has 0 unspecified atom stereocenters. The first kappa shape index (κ1) is 21.4. The highest BCUT2D eigenvalue weighted by atomic mass is 19.1. The summed E-state index contributed by atoms with van der Waals surface area (Å²) in [7, 11) is 2.00. The summed E-state index contributed by atoms with van der Waals surface area (Å²) >= 11 is 0. The molecular weight excluding hydrogens is 409 g/mol. The number of nitrogens with zero attached hydrogens (tertiary/aromatic N) is 3. The van der Waals surface area contributed by atoms with E-state index in [2.05, 4.69) is 9.80 Å². The highest BCUT2D eigenvalue weighted by Crippen LogP contribution is 2.49. The quantitative estimate of drug-likeness (QED) is 0.794. The van der Waals surface area contributed by atoms with Crippen molar-refractivity contribution in [3.63, 3.8) is 0 Å². The van der Waals surface area contributed by atoms with Crippen molar-refractivity contribution in [2.24, 2.45) is 5.92 Å². The Morgan fingerprint density at radius 2 is 1.94 bits per heavy atom. The number of likely N-dealkylation sites (tertiary alicyclic amines) is 1. The van der Waals surface area contributed by atoms with Crippen molar-refractivity contribution in [1.82, 2.24) is 9.80 Å². The Balaban J connectivity index is 1.51. The van der Waals surface area contributed by atoms with Crippen LogP contribution in [0.25, 0.3) is 11.1 Å². The molecule has 0 saturated carbocycles. The fourth-order valence-corrected chi connectivity index (χ4v) is 5.64. The van der Waals surface area contributed by atoms with Gasteiger partial charge in [0.2, 0.25) is 5.91 Å². The zero-order valence-electron chi connectivity index (χ0n) is 18.4. The normalized spacial score (nSPS) is 25.5. The molecule has 7 heteroatoms. The second-order valence-corrected chi connectivity index (χ2v) is 8.99. The van der Waals surface area contributed by atoms with Crippen molar-refractivity contribution in [2.75, 3.05) is 57.9 Å². The molecule has 2 saturated heterocycles. The maximum atomic E-state index is 14.5. The maximum Gasteiger partial charge on any atom is 0.237 e. The Bertz CT molecular complexity index is 994. The fraction of sp³-hybridized carbons (Fsp3) is 0.480. The third-order valence-corrected chi connectivity index (χ3v) is 7.32. The molecule has 0 aliphatic carbocycles. The Hall–Kier alpha value is -2.48. The average molecular weight is 440 g/mol. The van der Waals surface area contributed by atoms with Crippen molar-refractivity contribution in [2.45, 2.75) is 18.5 Å². The first-order valence-corrected chi connectivity index (χ1v) is 11.4. The van der Waals surface area contributed by atoms with Crippen LogP contribution in [-0.2, 0) is 9.53 Å². The lowest BCUT2D eigenvalue weighted by atomic mass is 9.81. The molecule has 0 spiro atoms. The largest absolute Gasteiger partial charge is 0.394 e. The van der Waals surface area contributed by atoms with Gasteiger partial charge in [-0.1, -0.05) is 24.3 Å². The van der Waals surface area contributed by atoms with Crippen LogP contribution in [0.2, 0.25) is 0 Å². The second-order valence-electron chi connectivity index (χ2n) is 8.99. The van der Waals surface area contributed by atoms with Crippen molar-refractivity contribution < 1.29 is 19.0 Å². The number of carbonyl (C=O) groups excluding carboxylic acids is 1. The highest BCUT2D eigenvalue weighted by molar-refractivity contribution is 5.80. The summed E-state index contributed by atoms with van der Waals surface area (Å²) in [5.74, 6) is -0.00188. The minimum atomic E-state index is -0.256. The lowest BCUT2D eigenvalue weighted by molar-refractivity contribution is -0.135. The van der Waals surface area contributed by atoms with Crippen LogP contribution in [-0.4, -0.2) is 79.9 Å². The van der Waals surface area contributed by atoms with Crippen LogP contribution >= 0.6 is 0 Å². The lowest BCUT2D eigenvalue weighted by Gasteiger charge is -2.45. The predicted molar refractivity (Wildman–Crippen MR) is 121 cm³/mol. The van der Waals surface area contributed by atoms with Gasteiger partial charge in [-0.05, 0) is 35.7 Å². The van der Waals surface area contributed by atoms with Crippen molar-refractivity contribution >= 4 is 11.6 Å². The maximum absolute atomic E-state index is 14.5. The number of ether oxygens (including phenoxy) is 1. The molecule has 0 bridgehead atoms. The topological polar surface area (TPSA) is 56.2 Å². The Kier molecular flexibility index (Phi) is 5.88. The van der Waals surface area contributed by atoms with Gasteiger partial charge < -0.3 is 19.6 Å². The summed E-state index contributed by atoms with van der Waals surface area (Å²) < 4.78 is 19.9. The van der Waals surface area contributed by atoms with Gasteiger partial charge >= 0.3 is 0 Å². The van der Waals surface area contributed by atoms with Crippen LogP contribution in [0, 0.1) is 11.7 Å². The fourth-order valence-electron chi connectivity index (χ4n) is 5.64.